The second kappa shape index (κ2) is 7.46. The number of nitrogens with zero attached hydrogens (tertiary/aromatic N) is 1. The number of hydrogen-bond acceptors (Lipinski definition) is 3. The smallest absolute Gasteiger partial charge is 0.307 e. The van der Waals surface area contributed by atoms with Crippen molar-refractivity contribution in [2.45, 2.75) is 45.3 Å². The summed E-state index contributed by atoms with van der Waals surface area (Å²) in [6.45, 7) is 2.98. The lowest BCUT2D eigenvalue weighted by Gasteiger charge is -2.22. The normalized spacial score (nSPS) is 17.1. The molecule has 0 spiro atoms. The van der Waals surface area contributed by atoms with Gasteiger partial charge in [-0.05, 0) is 38.8 Å². The summed E-state index contributed by atoms with van der Waals surface area (Å²) in [6, 6.07) is 8.08. The average molecular weight is 291 g/mol. The summed E-state index contributed by atoms with van der Waals surface area (Å²) in [5, 5.41) is 8.99. The van der Waals surface area contributed by atoms with Crippen LogP contribution in [0.15, 0.2) is 24.3 Å². The molecular weight excluding hydrogens is 266 g/mol. The Kier molecular flexibility index (Phi) is 5.62. The van der Waals surface area contributed by atoms with Crippen LogP contribution in [0.4, 0.5) is 0 Å². The topological polar surface area (TPSA) is 49.8 Å². The highest BCUT2D eigenvalue weighted by Gasteiger charge is 2.19. The molecule has 116 valence electrons. The van der Waals surface area contributed by atoms with Gasteiger partial charge in [0, 0.05) is 18.7 Å². The Morgan fingerprint density at radius 2 is 2.05 bits per heavy atom. The predicted molar refractivity (Wildman–Crippen MR) is 82.5 cm³/mol. The SMILES string of the molecule is CC(CN(C)Cc1ccccc1OC1CCCC1)C(=O)O. The number of carboxylic acid groups (broad SMARTS) is 1. The van der Waals surface area contributed by atoms with Crippen molar-refractivity contribution in [3.05, 3.63) is 29.8 Å². The Balaban J connectivity index is 1.97. The van der Waals surface area contributed by atoms with Crippen LogP contribution >= 0.6 is 0 Å². The van der Waals surface area contributed by atoms with Crippen LogP contribution in [0.5, 0.6) is 5.75 Å². The van der Waals surface area contributed by atoms with Gasteiger partial charge in [0.15, 0.2) is 0 Å². The van der Waals surface area contributed by atoms with Gasteiger partial charge < -0.3 is 14.7 Å². The van der Waals surface area contributed by atoms with Crippen molar-refractivity contribution in [2.75, 3.05) is 13.6 Å². The minimum absolute atomic E-state index is 0.342. The van der Waals surface area contributed by atoms with Gasteiger partial charge >= 0.3 is 5.97 Å². The summed E-state index contributed by atoms with van der Waals surface area (Å²) in [4.78, 5) is 13.0. The molecular formula is C17H25NO3. The first kappa shape index (κ1) is 15.8. The van der Waals surface area contributed by atoms with Crippen LogP contribution in [0.1, 0.15) is 38.2 Å². The number of para-hydroxylation sites is 1. The molecule has 1 aliphatic rings. The van der Waals surface area contributed by atoms with E-state index in [0.29, 0.717) is 19.2 Å². The molecule has 0 radical (unpaired) electrons. The van der Waals surface area contributed by atoms with E-state index < -0.39 is 5.97 Å². The molecule has 0 amide bonds. The molecule has 1 fully saturated rings. The number of rotatable bonds is 7. The minimum Gasteiger partial charge on any atom is -0.490 e. The van der Waals surface area contributed by atoms with E-state index in [9.17, 15) is 4.79 Å². The van der Waals surface area contributed by atoms with Gasteiger partial charge in [-0.15, -0.1) is 0 Å². The third-order valence-electron chi connectivity index (χ3n) is 4.02. The van der Waals surface area contributed by atoms with E-state index in [4.69, 9.17) is 9.84 Å². The molecule has 0 aromatic heterocycles. The van der Waals surface area contributed by atoms with Gasteiger partial charge in [-0.2, -0.15) is 0 Å². The Bertz CT molecular complexity index is 469. The highest BCUT2D eigenvalue weighted by atomic mass is 16.5. The van der Waals surface area contributed by atoms with Gasteiger partial charge in [0.25, 0.3) is 0 Å². The molecule has 1 unspecified atom stereocenters. The first-order chi connectivity index (χ1) is 10.1. The van der Waals surface area contributed by atoms with E-state index in [1.807, 2.05) is 30.1 Å². The van der Waals surface area contributed by atoms with Crippen LogP contribution in [0.2, 0.25) is 0 Å². The standard InChI is InChI=1S/C17H25NO3/c1-13(17(19)20)11-18(2)12-14-7-3-6-10-16(14)21-15-8-4-5-9-15/h3,6-7,10,13,15H,4-5,8-9,11-12H2,1-2H3,(H,19,20). The molecule has 1 aromatic rings. The summed E-state index contributed by atoms with van der Waals surface area (Å²) >= 11 is 0. The van der Waals surface area contributed by atoms with E-state index >= 15 is 0 Å². The van der Waals surface area contributed by atoms with Crippen molar-refractivity contribution in [3.63, 3.8) is 0 Å². The maximum atomic E-state index is 10.9. The maximum Gasteiger partial charge on any atom is 0.307 e. The zero-order valence-electron chi connectivity index (χ0n) is 12.9. The summed E-state index contributed by atoms with van der Waals surface area (Å²) in [7, 11) is 1.95. The Morgan fingerprint density at radius 1 is 1.38 bits per heavy atom. The Morgan fingerprint density at radius 3 is 2.71 bits per heavy atom. The van der Waals surface area contributed by atoms with Crippen LogP contribution in [0, 0.1) is 5.92 Å². The van der Waals surface area contributed by atoms with E-state index in [-0.39, 0.29) is 5.92 Å². The number of benzene rings is 1. The quantitative estimate of drug-likeness (QED) is 0.838. The molecule has 1 aliphatic carbocycles. The third kappa shape index (κ3) is 4.74. The molecule has 0 bridgehead atoms. The molecule has 4 heteroatoms. The summed E-state index contributed by atoms with van der Waals surface area (Å²) < 4.78 is 6.12. The molecule has 1 aromatic carbocycles. The first-order valence-electron chi connectivity index (χ1n) is 7.72. The van der Waals surface area contributed by atoms with Gasteiger partial charge in [0.1, 0.15) is 5.75 Å². The fourth-order valence-electron chi connectivity index (χ4n) is 2.84. The number of aliphatic carboxylic acids is 1. The number of hydrogen-bond donors (Lipinski definition) is 1. The zero-order chi connectivity index (χ0) is 15.2. The second-order valence-corrected chi connectivity index (χ2v) is 6.07. The van der Waals surface area contributed by atoms with Gasteiger partial charge in [-0.25, -0.2) is 0 Å². The molecule has 0 aliphatic heterocycles. The average Bonchev–Trinajstić information content (AvgIpc) is 2.93. The number of ether oxygens (including phenoxy) is 1. The van der Waals surface area contributed by atoms with Crippen molar-refractivity contribution in [3.8, 4) is 5.75 Å². The molecule has 1 atom stereocenters. The van der Waals surface area contributed by atoms with Gasteiger partial charge in [0.05, 0.1) is 12.0 Å². The van der Waals surface area contributed by atoms with E-state index in [1.54, 1.807) is 6.92 Å². The molecule has 0 saturated heterocycles. The zero-order valence-corrected chi connectivity index (χ0v) is 12.9. The van der Waals surface area contributed by atoms with E-state index in [0.717, 1.165) is 24.2 Å². The van der Waals surface area contributed by atoms with E-state index in [2.05, 4.69) is 6.07 Å². The fraction of sp³-hybridized carbons (Fsp3) is 0.588. The molecule has 1 N–H and O–H groups in total. The van der Waals surface area contributed by atoms with Crippen LogP contribution < -0.4 is 4.74 Å². The lowest BCUT2D eigenvalue weighted by Crippen LogP contribution is -2.28. The molecule has 0 heterocycles. The van der Waals surface area contributed by atoms with Crippen molar-refractivity contribution >= 4 is 5.97 Å². The summed E-state index contributed by atoms with van der Waals surface area (Å²) in [5.41, 5.74) is 1.13. The van der Waals surface area contributed by atoms with Crippen LogP contribution in [-0.4, -0.2) is 35.7 Å². The minimum atomic E-state index is -0.752. The van der Waals surface area contributed by atoms with Crippen molar-refractivity contribution < 1.29 is 14.6 Å². The van der Waals surface area contributed by atoms with Crippen molar-refractivity contribution in [2.24, 2.45) is 5.92 Å². The monoisotopic (exact) mass is 291 g/mol. The second-order valence-electron chi connectivity index (χ2n) is 6.07. The predicted octanol–water partition coefficient (Wildman–Crippen LogP) is 3.16. The first-order valence-corrected chi connectivity index (χ1v) is 7.72. The fourth-order valence-corrected chi connectivity index (χ4v) is 2.84. The van der Waals surface area contributed by atoms with Crippen molar-refractivity contribution in [1.82, 2.24) is 4.90 Å². The Labute approximate surface area is 126 Å². The Hall–Kier alpha value is -1.55. The van der Waals surface area contributed by atoms with Gasteiger partial charge in [0.2, 0.25) is 0 Å². The lowest BCUT2D eigenvalue weighted by atomic mass is 10.1. The molecule has 2 rings (SSSR count). The van der Waals surface area contributed by atoms with Gasteiger partial charge in [-0.1, -0.05) is 25.1 Å². The molecule has 21 heavy (non-hydrogen) atoms. The third-order valence-corrected chi connectivity index (χ3v) is 4.02. The van der Waals surface area contributed by atoms with Crippen LogP contribution in [0.25, 0.3) is 0 Å². The van der Waals surface area contributed by atoms with Crippen molar-refractivity contribution in [1.29, 1.82) is 0 Å². The van der Waals surface area contributed by atoms with Gasteiger partial charge in [-0.3, -0.25) is 4.79 Å². The molecule has 1 saturated carbocycles. The maximum absolute atomic E-state index is 10.9. The molecule has 4 nitrogen and oxygen atoms in total. The highest BCUT2D eigenvalue weighted by Crippen LogP contribution is 2.27. The number of carbonyl (C=O) groups is 1. The summed E-state index contributed by atoms with van der Waals surface area (Å²) in [5.74, 6) is -0.172. The van der Waals surface area contributed by atoms with Crippen LogP contribution in [-0.2, 0) is 11.3 Å². The van der Waals surface area contributed by atoms with E-state index in [1.165, 1.54) is 12.8 Å². The highest BCUT2D eigenvalue weighted by molar-refractivity contribution is 5.69. The summed E-state index contributed by atoms with van der Waals surface area (Å²) in [6.07, 6.45) is 5.13. The largest absolute Gasteiger partial charge is 0.490 e. The lowest BCUT2D eigenvalue weighted by molar-refractivity contribution is -0.141. The number of carboxylic acids is 1. The van der Waals surface area contributed by atoms with Crippen LogP contribution in [0.3, 0.4) is 0 Å².